The minimum absolute atomic E-state index is 0.0437. The van der Waals surface area contributed by atoms with E-state index >= 15 is 0 Å². The Morgan fingerprint density at radius 3 is 2.56 bits per heavy atom. The van der Waals surface area contributed by atoms with Crippen LogP contribution in [0.4, 0.5) is 0 Å². The Hall–Kier alpha value is -0.650. The van der Waals surface area contributed by atoms with E-state index in [9.17, 15) is 4.79 Å². The Labute approximate surface area is 111 Å². The average molecular weight is 260 g/mol. The van der Waals surface area contributed by atoms with E-state index in [-0.39, 0.29) is 11.4 Å². The second-order valence-electron chi connectivity index (χ2n) is 4.92. The highest BCUT2D eigenvalue weighted by Crippen LogP contribution is 2.05. The van der Waals surface area contributed by atoms with Gasteiger partial charge in [-0.1, -0.05) is 6.92 Å². The van der Waals surface area contributed by atoms with Crippen molar-refractivity contribution in [1.82, 2.24) is 10.6 Å². The van der Waals surface area contributed by atoms with Crippen LogP contribution < -0.4 is 10.6 Å². The molecule has 0 heterocycles. The lowest BCUT2D eigenvalue weighted by Crippen LogP contribution is -2.46. The lowest BCUT2D eigenvalue weighted by atomic mass is 10.0. The van der Waals surface area contributed by atoms with Crippen molar-refractivity contribution in [2.45, 2.75) is 39.2 Å². The molecule has 0 unspecified atom stereocenters. The van der Waals surface area contributed by atoms with Gasteiger partial charge in [0, 0.05) is 19.3 Å². The zero-order chi connectivity index (χ0) is 13.9. The SMILES string of the molecule is CCC(C)(C)NC(=O)CNCCCOCCOC. The molecule has 0 aliphatic rings. The summed E-state index contributed by atoms with van der Waals surface area (Å²) in [4.78, 5) is 11.6. The molecule has 0 rings (SSSR count). The van der Waals surface area contributed by atoms with Crippen molar-refractivity contribution in [1.29, 1.82) is 0 Å². The molecule has 5 heteroatoms. The Morgan fingerprint density at radius 1 is 1.22 bits per heavy atom. The van der Waals surface area contributed by atoms with Gasteiger partial charge < -0.3 is 20.1 Å². The van der Waals surface area contributed by atoms with Crippen molar-refractivity contribution >= 4 is 5.91 Å². The molecule has 0 spiro atoms. The number of carbonyl (C=O) groups is 1. The van der Waals surface area contributed by atoms with Gasteiger partial charge in [-0.25, -0.2) is 0 Å². The van der Waals surface area contributed by atoms with E-state index in [1.54, 1.807) is 7.11 Å². The van der Waals surface area contributed by atoms with Gasteiger partial charge in [0.2, 0.25) is 5.91 Å². The zero-order valence-electron chi connectivity index (χ0n) is 12.2. The first-order valence-electron chi connectivity index (χ1n) is 6.60. The molecule has 0 aromatic heterocycles. The molecule has 0 bridgehead atoms. The van der Waals surface area contributed by atoms with Crippen molar-refractivity contribution in [2.24, 2.45) is 0 Å². The molecule has 18 heavy (non-hydrogen) atoms. The molecule has 0 aliphatic carbocycles. The molecule has 108 valence electrons. The van der Waals surface area contributed by atoms with Crippen molar-refractivity contribution in [3.8, 4) is 0 Å². The minimum Gasteiger partial charge on any atom is -0.382 e. The average Bonchev–Trinajstić information content (AvgIpc) is 2.32. The monoisotopic (exact) mass is 260 g/mol. The van der Waals surface area contributed by atoms with Gasteiger partial charge in [0.05, 0.1) is 19.8 Å². The minimum atomic E-state index is -0.123. The predicted octanol–water partition coefficient (Wildman–Crippen LogP) is 0.934. The van der Waals surface area contributed by atoms with Crippen LogP contribution in [0.2, 0.25) is 0 Å². The van der Waals surface area contributed by atoms with Gasteiger partial charge >= 0.3 is 0 Å². The number of rotatable bonds is 11. The summed E-state index contributed by atoms with van der Waals surface area (Å²) in [6.45, 7) is 9.20. The fourth-order valence-corrected chi connectivity index (χ4v) is 1.26. The Balaban J connectivity index is 3.36. The number of hydrogen-bond acceptors (Lipinski definition) is 4. The zero-order valence-corrected chi connectivity index (χ0v) is 12.2. The number of nitrogens with one attached hydrogen (secondary N) is 2. The summed E-state index contributed by atoms with van der Waals surface area (Å²) in [7, 11) is 1.65. The van der Waals surface area contributed by atoms with Gasteiger partial charge in [-0.2, -0.15) is 0 Å². The number of ether oxygens (including phenoxy) is 2. The molecule has 2 N–H and O–H groups in total. The van der Waals surface area contributed by atoms with Gasteiger partial charge in [-0.3, -0.25) is 4.79 Å². The molecular weight excluding hydrogens is 232 g/mol. The molecule has 0 aromatic carbocycles. The third-order valence-electron chi connectivity index (χ3n) is 2.72. The van der Waals surface area contributed by atoms with Crippen LogP contribution in [0.5, 0.6) is 0 Å². The number of hydrogen-bond donors (Lipinski definition) is 2. The number of carbonyl (C=O) groups excluding carboxylic acids is 1. The van der Waals surface area contributed by atoms with E-state index in [0.29, 0.717) is 26.4 Å². The van der Waals surface area contributed by atoms with Crippen LogP contribution in [-0.4, -0.2) is 51.5 Å². The van der Waals surface area contributed by atoms with Crippen LogP contribution in [0.15, 0.2) is 0 Å². The van der Waals surface area contributed by atoms with Gasteiger partial charge in [0.25, 0.3) is 0 Å². The summed E-state index contributed by atoms with van der Waals surface area (Å²) in [5.74, 6) is 0.0437. The Bertz CT molecular complexity index is 220. The van der Waals surface area contributed by atoms with Crippen LogP contribution in [0.3, 0.4) is 0 Å². The smallest absolute Gasteiger partial charge is 0.234 e. The number of amides is 1. The highest BCUT2D eigenvalue weighted by atomic mass is 16.5. The van der Waals surface area contributed by atoms with Gasteiger partial charge in [0.15, 0.2) is 0 Å². The standard InChI is InChI=1S/C13H28N2O3/c1-5-13(2,3)15-12(16)11-14-7-6-8-18-10-9-17-4/h14H,5-11H2,1-4H3,(H,15,16). The van der Waals surface area contributed by atoms with Crippen LogP contribution in [0.25, 0.3) is 0 Å². The summed E-state index contributed by atoms with van der Waals surface area (Å²) >= 11 is 0. The van der Waals surface area contributed by atoms with E-state index < -0.39 is 0 Å². The molecule has 0 saturated heterocycles. The van der Waals surface area contributed by atoms with E-state index in [1.165, 1.54) is 0 Å². The molecule has 0 radical (unpaired) electrons. The van der Waals surface area contributed by atoms with Crippen molar-refractivity contribution < 1.29 is 14.3 Å². The summed E-state index contributed by atoms with van der Waals surface area (Å²) in [5.41, 5.74) is -0.123. The van der Waals surface area contributed by atoms with E-state index in [1.807, 2.05) is 13.8 Å². The maximum absolute atomic E-state index is 11.6. The Kier molecular flexibility index (Phi) is 9.92. The van der Waals surface area contributed by atoms with E-state index in [2.05, 4.69) is 17.6 Å². The van der Waals surface area contributed by atoms with E-state index in [0.717, 1.165) is 19.4 Å². The number of methoxy groups -OCH3 is 1. The van der Waals surface area contributed by atoms with Crippen LogP contribution >= 0.6 is 0 Å². The largest absolute Gasteiger partial charge is 0.382 e. The maximum atomic E-state index is 11.6. The first kappa shape index (κ1) is 17.4. The van der Waals surface area contributed by atoms with Gasteiger partial charge in [0.1, 0.15) is 0 Å². The van der Waals surface area contributed by atoms with Gasteiger partial charge in [-0.15, -0.1) is 0 Å². The molecule has 0 aromatic rings. The van der Waals surface area contributed by atoms with Crippen molar-refractivity contribution in [3.05, 3.63) is 0 Å². The normalized spacial score (nSPS) is 11.6. The van der Waals surface area contributed by atoms with Crippen LogP contribution in [-0.2, 0) is 14.3 Å². The summed E-state index contributed by atoms with van der Waals surface area (Å²) < 4.78 is 10.2. The summed E-state index contributed by atoms with van der Waals surface area (Å²) in [5, 5.41) is 6.07. The Morgan fingerprint density at radius 2 is 1.94 bits per heavy atom. The summed E-state index contributed by atoms with van der Waals surface area (Å²) in [6, 6.07) is 0. The maximum Gasteiger partial charge on any atom is 0.234 e. The molecule has 0 atom stereocenters. The lowest BCUT2D eigenvalue weighted by molar-refractivity contribution is -0.121. The lowest BCUT2D eigenvalue weighted by Gasteiger charge is -2.24. The van der Waals surface area contributed by atoms with E-state index in [4.69, 9.17) is 9.47 Å². The predicted molar refractivity (Wildman–Crippen MR) is 72.7 cm³/mol. The molecule has 0 fully saturated rings. The topological polar surface area (TPSA) is 59.6 Å². The quantitative estimate of drug-likeness (QED) is 0.543. The second-order valence-corrected chi connectivity index (χ2v) is 4.92. The highest BCUT2D eigenvalue weighted by Gasteiger charge is 2.16. The fraction of sp³-hybridized carbons (Fsp3) is 0.923. The summed E-state index contributed by atoms with van der Waals surface area (Å²) in [6.07, 6.45) is 1.82. The van der Waals surface area contributed by atoms with Gasteiger partial charge in [-0.05, 0) is 33.2 Å². The molecular formula is C13H28N2O3. The first-order valence-corrected chi connectivity index (χ1v) is 6.60. The molecule has 0 saturated carbocycles. The molecule has 1 amide bonds. The first-order chi connectivity index (χ1) is 8.52. The highest BCUT2D eigenvalue weighted by molar-refractivity contribution is 5.78. The van der Waals surface area contributed by atoms with Crippen molar-refractivity contribution in [3.63, 3.8) is 0 Å². The third kappa shape index (κ3) is 10.5. The molecule has 5 nitrogen and oxygen atoms in total. The second kappa shape index (κ2) is 10.3. The van der Waals surface area contributed by atoms with Crippen molar-refractivity contribution in [2.75, 3.05) is 40.0 Å². The van der Waals surface area contributed by atoms with Crippen LogP contribution in [0, 0.1) is 0 Å². The third-order valence-corrected chi connectivity index (χ3v) is 2.72. The molecule has 0 aliphatic heterocycles. The fourth-order valence-electron chi connectivity index (χ4n) is 1.26. The van der Waals surface area contributed by atoms with Crippen LogP contribution in [0.1, 0.15) is 33.6 Å².